The van der Waals surface area contributed by atoms with Crippen molar-refractivity contribution in [3.05, 3.63) is 29.6 Å². The molecule has 0 radical (unpaired) electrons. The standard InChI is InChI=1S/C18H26N4/c1-2-9-22(10-3-1)13-14-6-7-16-17(11-14)21-18(20-16)15-5-4-8-19-12-15/h6-7,11,15,19H,1-5,8-10,12-13H2,(H,20,21). The third-order valence-corrected chi connectivity index (χ3v) is 5.10. The van der Waals surface area contributed by atoms with Crippen LogP contribution in [0.25, 0.3) is 11.0 Å². The van der Waals surface area contributed by atoms with Crippen LogP contribution in [0.5, 0.6) is 0 Å². The molecule has 4 nitrogen and oxygen atoms in total. The van der Waals surface area contributed by atoms with Gasteiger partial charge in [-0.05, 0) is 63.0 Å². The van der Waals surface area contributed by atoms with Crippen LogP contribution in [0.3, 0.4) is 0 Å². The largest absolute Gasteiger partial charge is 0.342 e. The highest BCUT2D eigenvalue weighted by Crippen LogP contribution is 2.24. The number of piperidine rings is 2. The Labute approximate surface area is 132 Å². The van der Waals surface area contributed by atoms with Gasteiger partial charge in [-0.15, -0.1) is 0 Å². The molecule has 1 unspecified atom stereocenters. The maximum Gasteiger partial charge on any atom is 0.111 e. The molecule has 1 aromatic carbocycles. The van der Waals surface area contributed by atoms with Crippen LogP contribution in [0.2, 0.25) is 0 Å². The summed E-state index contributed by atoms with van der Waals surface area (Å²) in [5.41, 5.74) is 3.73. The van der Waals surface area contributed by atoms with Crippen LogP contribution in [0, 0.1) is 0 Å². The fraction of sp³-hybridized carbons (Fsp3) is 0.611. The lowest BCUT2D eigenvalue weighted by molar-refractivity contribution is 0.221. The van der Waals surface area contributed by atoms with Crippen LogP contribution in [-0.2, 0) is 6.54 Å². The van der Waals surface area contributed by atoms with E-state index in [0.717, 1.165) is 31.0 Å². The first-order valence-corrected chi connectivity index (χ1v) is 8.80. The Morgan fingerprint density at radius 1 is 1.14 bits per heavy atom. The molecule has 0 saturated carbocycles. The third kappa shape index (κ3) is 3.03. The molecule has 4 heteroatoms. The third-order valence-electron chi connectivity index (χ3n) is 5.10. The number of nitrogens with zero attached hydrogens (tertiary/aromatic N) is 2. The molecule has 22 heavy (non-hydrogen) atoms. The number of hydrogen-bond donors (Lipinski definition) is 2. The molecule has 2 fully saturated rings. The van der Waals surface area contributed by atoms with E-state index in [4.69, 9.17) is 4.98 Å². The molecule has 0 aliphatic carbocycles. The number of aromatic amines is 1. The van der Waals surface area contributed by atoms with Gasteiger partial charge in [-0.3, -0.25) is 4.90 Å². The molecule has 4 rings (SSSR count). The lowest BCUT2D eigenvalue weighted by Gasteiger charge is -2.26. The maximum absolute atomic E-state index is 4.82. The Morgan fingerprint density at radius 2 is 2.05 bits per heavy atom. The molecule has 2 N–H and O–H groups in total. The summed E-state index contributed by atoms with van der Waals surface area (Å²) in [6.07, 6.45) is 6.60. The summed E-state index contributed by atoms with van der Waals surface area (Å²) >= 11 is 0. The van der Waals surface area contributed by atoms with Gasteiger partial charge in [0, 0.05) is 19.0 Å². The van der Waals surface area contributed by atoms with Crippen molar-refractivity contribution in [1.82, 2.24) is 20.2 Å². The first kappa shape index (κ1) is 14.2. The number of benzene rings is 1. The zero-order valence-corrected chi connectivity index (χ0v) is 13.3. The second-order valence-corrected chi connectivity index (χ2v) is 6.85. The summed E-state index contributed by atoms with van der Waals surface area (Å²) in [4.78, 5) is 11.0. The quantitative estimate of drug-likeness (QED) is 0.915. The Bertz CT molecular complexity index is 621. The number of imidazole rings is 1. The van der Waals surface area contributed by atoms with Gasteiger partial charge in [-0.2, -0.15) is 0 Å². The summed E-state index contributed by atoms with van der Waals surface area (Å²) in [7, 11) is 0. The molecule has 0 bridgehead atoms. The number of hydrogen-bond acceptors (Lipinski definition) is 3. The van der Waals surface area contributed by atoms with Crippen molar-refractivity contribution < 1.29 is 0 Å². The summed E-state index contributed by atoms with van der Waals surface area (Å²) in [6.45, 7) is 5.78. The minimum atomic E-state index is 0.548. The van der Waals surface area contributed by atoms with Gasteiger partial charge >= 0.3 is 0 Å². The van der Waals surface area contributed by atoms with Crippen molar-refractivity contribution in [2.75, 3.05) is 26.2 Å². The Hall–Kier alpha value is -1.39. The van der Waals surface area contributed by atoms with Gasteiger partial charge in [0.25, 0.3) is 0 Å². The minimum absolute atomic E-state index is 0.548. The second-order valence-electron chi connectivity index (χ2n) is 6.85. The van der Waals surface area contributed by atoms with Gasteiger partial charge in [-0.1, -0.05) is 12.5 Å². The van der Waals surface area contributed by atoms with Crippen molar-refractivity contribution in [3.63, 3.8) is 0 Å². The first-order valence-electron chi connectivity index (χ1n) is 8.80. The molecule has 2 aliphatic heterocycles. The van der Waals surface area contributed by atoms with Gasteiger partial charge in [-0.25, -0.2) is 4.98 Å². The Kier molecular flexibility index (Phi) is 4.13. The number of likely N-dealkylation sites (tertiary alicyclic amines) is 1. The Balaban J connectivity index is 1.52. The van der Waals surface area contributed by atoms with Crippen LogP contribution in [0.15, 0.2) is 18.2 Å². The van der Waals surface area contributed by atoms with Gasteiger partial charge in [0.05, 0.1) is 11.0 Å². The fourth-order valence-electron chi connectivity index (χ4n) is 3.83. The van der Waals surface area contributed by atoms with Crippen LogP contribution < -0.4 is 5.32 Å². The van der Waals surface area contributed by atoms with Gasteiger partial charge < -0.3 is 10.3 Å². The average Bonchev–Trinajstić information content (AvgIpc) is 3.00. The fourth-order valence-corrected chi connectivity index (χ4v) is 3.83. The van der Waals surface area contributed by atoms with Gasteiger partial charge in [0.15, 0.2) is 0 Å². The zero-order valence-electron chi connectivity index (χ0n) is 13.3. The molecule has 2 aliphatic rings. The van der Waals surface area contributed by atoms with E-state index >= 15 is 0 Å². The van der Waals surface area contributed by atoms with Gasteiger partial charge in [0.2, 0.25) is 0 Å². The SMILES string of the molecule is c1cc2nc(C3CCCNC3)[nH]c2cc1CN1CCCCC1. The van der Waals surface area contributed by atoms with E-state index in [1.54, 1.807) is 0 Å². The molecular formula is C18H26N4. The van der Waals surface area contributed by atoms with E-state index in [2.05, 4.69) is 33.4 Å². The summed E-state index contributed by atoms with van der Waals surface area (Å²) in [5, 5.41) is 3.48. The molecule has 3 heterocycles. The smallest absolute Gasteiger partial charge is 0.111 e. The lowest BCUT2D eigenvalue weighted by atomic mass is 9.99. The molecule has 1 atom stereocenters. The van der Waals surface area contributed by atoms with Crippen LogP contribution >= 0.6 is 0 Å². The van der Waals surface area contributed by atoms with E-state index in [0.29, 0.717) is 5.92 Å². The van der Waals surface area contributed by atoms with E-state index < -0.39 is 0 Å². The van der Waals surface area contributed by atoms with Crippen molar-refractivity contribution in [2.45, 2.75) is 44.6 Å². The molecule has 0 amide bonds. The topological polar surface area (TPSA) is 44.0 Å². The van der Waals surface area contributed by atoms with Crippen LogP contribution in [0.4, 0.5) is 0 Å². The maximum atomic E-state index is 4.82. The second kappa shape index (κ2) is 6.39. The number of nitrogens with one attached hydrogen (secondary N) is 2. The van der Waals surface area contributed by atoms with Crippen molar-refractivity contribution >= 4 is 11.0 Å². The molecule has 2 saturated heterocycles. The number of fused-ring (bicyclic) bond motifs is 1. The van der Waals surface area contributed by atoms with Crippen molar-refractivity contribution in [2.24, 2.45) is 0 Å². The van der Waals surface area contributed by atoms with Crippen molar-refractivity contribution in [1.29, 1.82) is 0 Å². The lowest BCUT2D eigenvalue weighted by Crippen LogP contribution is -2.29. The first-order chi connectivity index (χ1) is 10.9. The normalized spacial score (nSPS) is 23.9. The molecule has 1 aromatic heterocycles. The highest BCUT2D eigenvalue weighted by atomic mass is 15.1. The highest BCUT2D eigenvalue weighted by Gasteiger charge is 2.18. The summed E-state index contributed by atoms with van der Waals surface area (Å²) in [5.74, 6) is 1.71. The minimum Gasteiger partial charge on any atom is -0.342 e. The summed E-state index contributed by atoms with van der Waals surface area (Å²) in [6, 6.07) is 6.74. The Morgan fingerprint density at radius 3 is 2.86 bits per heavy atom. The number of H-pyrrole nitrogens is 1. The van der Waals surface area contributed by atoms with E-state index in [9.17, 15) is 0 Å². The molecule has 2 aromatic rings. The van der Waals surface area contributed by atoms with Gasteiger partial charge in [0.1, 0.15) is 5.82 Å². The zero-order chi connectivity index (χ0) is 14.8. The monoisotopic (exact) mass is 298 g/mol. The van der Waals surface area contributed by atoms with Crippen molar-refractivity contribution in [3.8, 4) is 0 Å². The number of aromatic nitrogens is 2. The molecule has 118 valence electrons. The van der Waals surface area contributed by atoms with Crippen LogP contribution in [-0.4, -0.2) is 41.0 Å². The van der Waals surface area contributed by atoms with E-state index in [1.807, 2.05) is 0 Å². The summed E-state index contributed by atoms with van der Waals surface area (Å²) < 4.78 is 0. The predicted octanol–water partition coefficient (Wildman–Crippen LogP) is 3.02. The highest BCUT2D eigenvalue weighted by molar-refractivity contribution is 5.76. The van der Waals surface area contributed by atoms with E-state index in [-0.39, 0.29) is 0 Å². The van der Waals surface area contributed by atoms with E-state index in [1.165, 1.54) is 56.3 Å². The van der Waals surface area contributed by atoms with Crippen LogP contribution in [0.1, 0.15) is 49.4 Å². The predicted molar refractivity (Wildman–Crippen MR) is 90.1 cm³/mol. The number of rotatable bonds is 3. The average molecular weight is 298 g/mol. The molecule has 0 spiro atoms. The molecular weight excluding hydrogens is 272 g/mol.